The van der Waals surface area contributed by atoms with Gasteiger partial charge in [0, 0.05) is 5.54 Å². The maximum atomic E-state index is 12.4. The fraction of sp³-hybridized carbons (Fsp3) is 0.652. The van der Waals surface area contributed by atoms with Gasteiger partial charge >= 0.3 is 0 Å². The lowest BCUT2D eigenvalue weighted by Crippen LogP contribution is -2.54. The molecule has 5 rings (SSSR count). The number of anilines is 2. The van der Waals surface area contributed by atoms with Crippen LogP contribution in [0.4, 0.5) is 11.4 Å². The van der Waals surface area contributed by atoms with Crippen molar-refractivity contribution in [1.29, 1.82) is 0 Å². The topological polar surface area (TPSA) is 96.2 Å². The van der Waals surface area contributed by atoms with Gasteiger partial charge in [-0.25, -0.2) is 0 Å². The summed E-state index contributed by atoms with van der Waals surface area (Å²) >= 11 is 0. The zero-order valence-corrected chi connectivity index (χ0v) is 17.5. The van der Waals surface area contributed by atoms with Crippen molar-refractivity contribution in [2.75, 3.05) is 17.2 Å². The number of para-hydroxylation sites is 2. The molecule has 29 heavy (non-hydrogen) atoms. The highest BCUT2D eigenvalue weighted by Gasteiger charge is 2.51. The number of amides is 2. The third kappa shape index (κ3) is 4.42. The highest BCUT2D eigenvalue weighted by molar-refractivity contribution is 5.97. The first kappa shape index (κ1) is 20.2. The average Bonchev–Trinajstić information content (AvgIpc) is 2.65. The molecule has 4 aliphatic carbocycles. The summed E-state index contributed by atoms with van der Waals surface area (Å²) in [4.78, 5) is 24.4. The van der Waals surface area contributed by atoms with Gasteiger partial charge in [0.15, 0.2) is 0 Å². The van der Waals surface area contributed by atoms with Crippen molar-refractivity contribution in [3.05, 3.63) is 24.3 Å². The Balaban J connectivity index is 1.39. The van der Waals surface area contributed by atoms with Gasteiger partial charge < -0.3 is 21.7 Å². The summed E-state index contributed by atoms with van der Waals surface area (Å²) in [5.74, 6) is 2.06. The molecule has 1 aromatic rings. The fourth-order valence-corrected chi connectivity index (χ4v) is 6.03. The standard InChI is InChI=1S/C23H34N4O2/c1-14(2)21(24)22(29)25-13-20(28)26-18-5-3-4-6-19(18)27-23-10-15-7-16(11-23)9-17(8-15)12-23/h3-6,14-17,21,27H,7-13,24H2,1-2H3,(H,25,29)(H,26,28)/t15?,16?,17?,21-,23?/m0/s1. The van der Waals surface area contributed by atoms with E-state index in [4.69, 9.17) is 5.73 Å². The minimum atomic E-state index is -0.604. The molecule has 6 nitrogen and oxygen atoms in total. The number of carbonyl (C=O) groups excluding carboxylic acids is 2. The lowest BCUT2D eigenvalue weighted by atomic mass is 9.53. The molecule has 0 heterocycles. The Bertz CT molecular complexity index is 741. The van der Waals surface area contributed by atoms with Crippen molar-refractivity contribution in [2.24, 2.45) is 29.4 Å². The van der Waals surface area contributed by atoms with Crippen molar-refractivity contribution in [2.45, 2.75) is 64.0 Å². The minimum absolute atomic E-state index is 0.0308. The van der Waals surface area contributed by atoms with Gasteiger partial charge in [-0.05, 0) is 74.3 Å². The van der Waals surface area contributed by atoms with Crippen LogP contribution in [0.3, 0.4) is 0 Å². The summed E-state index contributed by atoms with van der Waals surface area (Å²) < 4.78 is 0. The van der Waals surface area contributed by atoms with Crippen molar-refractivity contribution < 1.29 is 9.59 Å². The Morgan fingerprint density at radius 3 is 2.14 bits per heavy atom. The summed E-state index contributed by atoms with van der Waals surface area (Å²) in [6, 6.07) is 7.28. The quantitative estimate of drug-likeness (QED) is 0.567. The molecular formula is C23H34N4O2. The molecule has 0 unspecified atom stereocenters. The number of nitrogens with two attached hydrogens (primary N) is 1. The van der Waals surface area contributed by atoms with Gasteiger partial charge in [-0.15, -0.1) is 0 Å². The molecule has 4 saturated carbocycles. The van der Waals surface area contributed by atoms with E-state index in [1.807, 2.05) is 38.1 Å². The van der Waals surface area contributed by atoms with Crippen LogP contribution in [0.2, 0.25) is 0 Å². The zero-order valence-electron chi connectivity index (χ0n) is 17.5. The van der Waals surface area contributed by atoms with Crippen LogP contribution in [0.25, 0.3) is 0 Å². The smallest absolute Gasteiger partial charge is 0.243 e. The third-order valence-electron chi connectivity index (χ3n) is 7.08. The van der Waals surface area contributed by atoms with Gasteiger partial charge in [-0.2, -0.15) is 0 Å². The fourth-order valence-electron chi connectivity index (χ4n) is 6.03. The van der Waals surface area contributed by atoms with E-state index in [0.717, 1.165) is 29.1 Å². The minimum Gasteiger partial charge on any atom is -0.378 e. The van der Waals surface area contributed by atoms with E-state index in [2.05, 4.69) is 16.0 Å². The van der Waals surface area contributed by atoms with E-state index >= 15 is 0 Å². The molecule has 5 N–H and O–H groups in total. The van der Waals surface area contributed by atoms with E-state index in [-0.39, 0.29) is 29.8 Å². The first-order valence-electron chi connectivity index (χ1n) is 11.0. The highest BCUT2D eigenvalue weighted by Crippen LogP contribution is 2.56. The van der Waals surface area contributed by atoms with E-state index < -0.39 is 6.04 Å². The number of carbonyl (C=O) groups is 2. The van der Waals surface area contributed by atoms with Crippen LogP contribution in [0.5, 0.6) is 0 Å². The van der Waals surface area contributed by atoms with Gasteiger partial charge in [0.1, 0.15) is 0 Å². The van der Waals surface area contributed by atoms with Crippen LogP contribution in [-0.4, -0.2) is 29.9 Å². The monoisotopic (exact) mass is 398 g/mol. The van der Waals surface area contributed by atoms with Crippen LogP contribution < -0.4 is 21.7 Å². The number of rotatable bonds is 7. The molecule has 158 valence electrons. The van der Waals surface area contributed by atoms with Crippen molar-refractivity contribution in [3.8, 4) is 0 Å². The van der Waals surface area contributed by atoms with Crippen molar-refractivity contribution in [3.63, 3.8) is 0 Å². The van der Waals surface area contributed by atoms with Gasteiger partial charge in [-0.1, -0.05) is 26.0 Å². The summed E-state index contributed by atoms with van der Waals surface area (Å²) in [5, 5.41) is 9.43. The number of benzene rings is 1. The van der Waals surface area contributed by atoms with Gasteiger partial charge in [0.05, 0.1) is 24.0 Å². The molecule has 2 amide bonds. The summed E-state index contributed by atoms with van der Waals surface area (Å²) in [6.07, 6.45) is 7.92. The SMILES string of the molecule is CC(C)[C@H](N)C(=O)NCC(=O)Nc1ccccc1NC12CC3CC(CC(C3)C1)C2. The van der Waals surface area contributed by atoms with E-state index in [1.54, 1.807) is 0 Å². The second kappa shape index (κ2) is 7.98. The number of nitrogens with one attached hydrogen (secondary N) is 3. The first-order valence-corrected chi connectivity index (χ1v) is 11.0. The molecule has 1 atom stereocenters. The third-order valence-corrected chi connectivity index (χ3v) is 7.08. The number of hydrogen-bond acceptors (Lipinski definition) is 4. The summed E-state index contributed by atoms with van der Waals surface area (Å²) in [5.41, 5.74) is 7.76. The molecule has 0 aromatic heterocycles. The van der Waals surface area contributed by atoms with Crippen LogP contribution in [0.15, 0.2) is 24.3 Å². The van der Waals surface area contributed by atoms with E-state index in [9.17, 15) is 9.59 Å². The van der Waals surface area contributed by atoms with Crippen LogP contribution >= 0.6 is 0 Å². The normalized spacial score (nSPS) is 30.8. The molecular weight excluding hydrogens is 364 g/mol. The predicted molar refractivity (Wildman–Crippen MR) is 115 cm³/mol. The van der Waals surface area contributed by atoms with E-state index in [1.165, 1.54) is 38.5 Å². The molecule has 0 radical (unpaired) electrons. The summed E-state index contributed by atoms with van der Waals surface area (Å²) in [6.45, 7) is 3.69. The van der Waals surface area contributed by atoms with Gasteiger partial charge in [0.2, 0.25) is 11.8 Å². The second-order valence-electron chi connectivity index (χ2n) is 9.90. The first-order chi connectivity index (χ1) is 13.8. The van der Waals surface area contributed by atoms with Gasteiger partial charge in [0.25, 0.3) is 0 Å². The van der Waals surface area contributed by atoms with Crippen molar-refractivity contribution in [1.82, 2.24) is 5.32 Å². The molecule has 0 aliphatic heterocycles. The molecule has 6 heteroatoms. The highest BCUT2D eigenvalue weighted by atomic mass is 16.2. The maximum Gasteiger partial charge on any atom is 0.243 e. The van der Waals surface area contributed by atoms with Crippen LogP contribution in [-0.2, 0) is 9.59 Å². The average molecular weight is 399 g/mol. The van der Waals surface area contributed by atoms with Gasteiger partial charge in [-0.3, -0.25) is 9.59 Å². The lowest BCUT2D eigenvalue weighted by molar-refractivity contribution is -0.125. The van der Waals surface area contributed by atoms with E-state index in [0.29, 0.717) is 0 Å². The summed E-state index contributed by atoms with van der Waals surface area (Å²) in [7, 11) is 0. The molecule has 4 bridgehead atoms. The zero-order chi connectivity index (χ0) is 20.6. The number of hydrogen-bond donors (Lipinski definition) is 4. The molecule has 1 aromatic carbocycles. The molecule has 0 spiro atoms. The van der Waals surface area contributed by atoms with Crippen LogP contribution in [0, 0.1) is 23.7 Å². The maximum absolute atomic E-state index is 12.4. The second-order valence-corrected chi connectivity index (χ2v) is 9.90. The Morgan fingerprint density at radius 1 is 1.03 bits per heavy atom. The molecule has 4 aliphatic rings. The van der Waals surface area contributed by atoms with Crippen LogP contribution in [0.1, 0.15) is 52.4 Å². The predicted octanol–water partition coefficient (Wildman–Crippen LogP) is 3.11. The lowest BCUT2D eigenvalue weighted by Gasteiger charge is -2.57. The Morgan fingerprint density at radius 2 is 1.59 bits per heavy atom. The Hall–Kier alpha value is -2.08. The Kier molecular flexibility index (Phi) is 5.56. The molecule has 0 saturated heterocycles. The largest absolute Gasteiger partial charge is 0.378 e. The molecule has 4 fully saturated rings. The Labute approximate surface area is 173 Å². The van der Waals surface area contributed by atoms with Crippen molar-refractivity contribution >= 4 is 23.2 Å².